The molecule has 1 aliphatic heterocycles. The fourth-order valence-corrected chi connectivity index (χ4v) is 4.24. The average molecular weight is 519 g/mol. The molecule has 0 radical (unpaired) electrons. The Balaban J connectivity index is 1.41. The molecule has 194 valence electrons. The van der Waals surface area contributed by atoms with Crippen LogP contribution in [-0.2, 0) is 6.18 Å². The molecule has 0 bridgehead atoms. The number of benzene rings is 2. The van der Waals surface area contributed by atoms with Gasteiger partial charge in [-0.3, -0.25) is 4.79 Å². The van der Waals surface area contributed by atoms with Gasteiger partial charge >= 0.3 is 6.18 Å². The first-order chi connectivity index (χ1) is 18.2. The van der Waals surface area contributed by atoms with Gasteiger partial charge in [0, 0.05) is 54.9 Å². The number of nitrogens with one attached hydrogen (secondary N) is 1. The van der Waals surface area contributed by atoms with E-state index in [1.54, 1.807) is 47.2 Å². The number of alkyl halides is 3. The number of piperazine rings is 1. The van der Waals surface area contributed by atoms with Gasteiger partial charge in [0.1, 0.15) is 5.69 Å². The van der Waals surface area contributed by atoms with Crippen molar-refractivity contribution in [2.24, 2.45) is 0 Å². The molecule has 0 atom stereocenters. The minimum atomic E-state index is -4.54. The van der Waals surface area contributed by atoms with Crippen molar-refractivity contribution >= 4 is 22.9 Å². The zero-order valence-corrected chi connectivity index (χ0v) is 20.9. The van der Waals surface area contributed by atoms with Gasteiger partial charge in [-0.15, -0.1) is 0 Å². The lowest BCUT2D eigenvalue weighted by Crippen LogP contribution is -2.44. The minimum Gasteiger partial charge on any atom is -0.369 e. The number of hydrogen-bond donors (Lipinski definition) is 1. The second-order valence-corrected chi connectivity index (χ2v) is 9.23. The number of carbonyl (C=O) groups is 1. The lowest BCUT2D eigenvalue weighted by Gasteiger charge is -2.34. The molecule has 1 N–H and O–H groups in total. The molecule has 5 rings (SSSR count). The summed E-state index contributed by atoms with van der Waals surface area (Å²) in [6.45, 7) is 4.57. The maximum atomic E-state index is 13.7. The maximum Gasteiger partial charge on any atom is 0.416 e. The Kier molecular flexibility index (Phi) is 6.78. The van der Waals surface area contributed by atoms with Crippen LogP contribution in [0.15, 0.2) is 60.9 Å². The Hall–Kier alpha value is -4.36. The van der Waals surface area contributed by atoms with Crippen molar-refractivity contribution in [2.75, 3.05) is 43.4 Å². The SMILES string of the molecule is Cc1ccc(C(=O)Nc2cc(N3CCN(C)CC3)cc(C(F)(F)F)c2)cc1C#Cc1cnc2cccnn12. The number of anilines is 2. The van der Waals surface area contributed by atoms with Crippen molar-refractivity contribution in [3.05, 3.63) is 88.9 Å². The summed E-state index contributed by atoms with van der Waals surface area (Å²) in [7, 11) is 1.98. The molecule has 3 heterocycles. The summed E-state index contributed by atoms with van der Waals surface area (Å²) in [6.07, 6.45) is -1.28. The first kappa shape index (κ1) is 25.3. The molecule has 2 aromatic heterocycles. The van der Waals surface area contributed by atoms with E-state index in [1.807, 2.05) is 24.9 Å². The van der Waals surface area contributed by atoms with E-state index in [9.17, 15) is 18.0 Å². The molecule has 0 spiro atoms. The first-order valence-electron chi connectivity index (χ1n) is 12.1. The highest BCUT2D eigenvalue weighted by Crippen LogP contribution is 2.35. The number of likely N-dealkylation sites (N-methyl/N-ethyl adjacent to an activating group) is 1. The van der Waals surface area contributed by atoms with E-state index < -0.39 is 17.6 Å². The molecular weight excluding hydrogens is 493 g/mol. The van der Waals surface area contributed by atoms with Crippen LogP contribution >= 0.6 is 0 Å². The Morgan fingerprint density at radius 1 is 1.03 bits per heavy atom. The molecule has 10 heteroatoms. The van der Waals surface area contributed by atoms with Crippen molar-refractivity contribution in [3.63, 3.8) is 0 Å². The van der Waals surface area contributed by atoms with Crippen LogP contribution in [0, 0.1) is 18.8 Å². The molecule has 1 saturated heterocycles. The summed E-state index contributed by atoms with van der Waals surface area (Å²) in [5.41, 5.74) is 2.73. The van der Waals surface area contributed by atoms with Crippen LogP contribution in [0.25, 0.3) is 5.65 Å². The van der Waals surface area contributed by atoms with Gasteiger partial charge in [0.05, 0.1) is 11.8 Å². The molecular formula is C28H25F3N6O. The number of halogens is 3. The van der Waals surface area contributed by atoms with Gasteiger partial charge in [0.25, 0.3) is 5.91 Å². The predicted molar refractivity (Wildman–Crippen MR) is 139 cm³/mol. The van der Waals surface area contributed by atoms with E-state index in [1.165, 1.54) is 0 Å². The van der Waals surface area contributed by atoms with Gasteiger partial charge in [0.15, 0.2) is 5.65 Å². The number of carbonyl (C=O) groups excluding carboxylic acids is 1. The fraction of sp³-hybridized carbons (Fsp3) is 0.250. The van der Waals surface area contributed by atoms with Gasteiger partial charge < -0.3 is 15.1 Å². The second-order valence-electron chi connectivity index (χ2n) is 9.23. The number of nitrogens with zero attached hydrogens (tertiary/aromatic N) is 5. The Morgan fingerprint density at radius 2 is 1.82 bits per heavy atom. The van der Waals surface area contributed by atoms with Crippen LogP contribution < -0.4 is 10.2 Å². The molecule has 38 heavy (non-hydrogen) atoms. The van der Waals surface area contributed by atoms with Crippen molar-refractivity contribution < 1.29 is 18.0 Å². The van der Waals surface area contributed by atoms with E-state index >= 15 is 0 Å². The van der Waals surface area contributed by atoms with Gasteiger partial charge in [0.2, 0.25) is 0 Å². The largest absolute Gasteiger partial charge is 0.416 e. The highest BCUT2D eigenvalue weighted by molar-refractivity contribution is 6.04. The molecule has 4 aromatic rings. The minimum absolute atomic E-state index is 0.0868. The Bertz CT molecular complexity index is 1560. The van der Waals surface area contributed by atoms with Gasteiger partial charge in [-0.05, 0) is 67.9 Å². The summed E-state index contributed by atoms with van der Waals surface area (Å²) in [4.78, 5) is 21.4. The Morgan fingerprint density at radius 3 is 2.58 bits per heavy atom. The number of imidazole rings is 1. The third-order valence-corrected chi connectivity index (χ3v) is 6.47. The number of aryl methyl sites for hydroxylation is 1. The molecule has 1 aliphatic rings. The van der Waals surface area contributed by atoms with Crippen LogP contribution in [0.1, 0.15) is 32.7 Å². The number of fused-ring (bicyclic) bond motifs is 1. The first-order valence-corrected chi connectivity index (χ1v) is 12.1. The summed E-state index contributed by atoms with van der Waals surface area (Å²) in [6, 6.07) is 12.3. The van der Waals surface area contributed by atoms with Gasteiger partial charge in [-0.25, -0.2) is 9.50 Å². The van der Waals surface area contributed by atoms with Crippen LogP contribution in [0.4, 0.5) is 24.5 Å². The highest BCUT2D eigenvalue weighted by Gasteiger charge is 2.32. The van der Waals surface area contributed by atoms with E-state index in [0.29, 0.717) is 35.7 Å². The van der Waals surface area contributed by atoms with Crippen LogP contribution in [-0.4, -0.2) is 58.6 Å². The topological polar surface area (TPSA) is 65.8 Å². The number of aromatic nitrogens is 3. The van der Waals surface area contributed by atoms with E-state index in [2.05, 4.69) is 32.1 Å². The highest BCUT2D eigenvalue weighted by atomic mass is 19.4. The molecule has 0 aliphatic carbocycles. The standard InChI is InChI=1S/C28H25F3N6O/c1-19-5-6-21(14-20(19)7-8-24-18-32-26-4-3-9-33-37(24)26)27(38)34-23-15-22(28(29,30)31)16-25(17-23)36-12-10-35(2)11-13-36/h3-6,9,14-18H,10-13H2,1-2H3,(H,34,38). The maximum absolute atomic E-state index is 13.7. The average Bonchev–Trinajstić information content (AvgIpc) is 3.31. The molecule has 7 nitrogen and oxygen atoms in total. The van der Waals surface area contributed by atoms with Crippen LogP contribution in [0.3, 0.4) is 0 Å². The van der Waals surface area contributed by atoms with E-state index in [4.69, 9.17) is 0 Å². The van der Waals surface area contributed by atoms with Crippen molar-refractivity contribution in [1.82, 2.24) is 19.5 Å². The summed E-state index contributed by atoms with van der Waals surface area (Å²) < 4.78 is 42.6. The van der Waals surface area contributed by atoms with Crippen molar-refractivity contribution in [2.45, 2.75) is 13.1 Å². The molecule has 1 fully saturated rings. The smallest absolute Gasteiger partial charge is 0.369 e. The predicted octanol–water partition coefficient (Wildman–Crippen LogP) is 4.46. The Labute approximate surface area is 217 Å². The van der Waals surface area contributed by atoms with Crippen LogP contribution in [0.2, 0.25) is 0 Å². The quantitative estimate of drug-likeness (QED) is 0.406. The second kappa shape index (κ2) is 10.2. The monoisotopic (exact) mass is 518 g/mol. The van der Waals surface area contributed by atoms with Crippen molar-refractivity contribution in [3.8, 4) is 11.8 Å². The third-order valence-electron chi connectivity index (χ3n) is 6.47. The van der Waals surface area contributed by atoms with E-state index in [-0.39, 0.29) is 11.3 Å². The number of rotatable bonds is 3. The molecule has 2 aromatic carbocycles. The summed E-state index contributed by atoms with van der Waals surface area (Å²) in [5.74, 6) is 5.57. The molecule has 0 saturated carbocycles. The number of amides is 1. The lowest BCUT2D eigenvalue weighted by atomic mass is 10.0. The fourth-order valence-electron chi connectivity index (χ4n) is 4.24. The molecule has 0 unspecified atom stereocenters. The third kappa shape index (κ3) is 5.48. The van der Waals surface area contributed by atoms with Crippen LogP contribution in [0.5, 0.6) is 0 Å². The normalized spacial score (nSPS) is 14.3. The number of hydrogen-bond acceptors (Lipinski definition) is 5. The van der Waals surface area contributed by atoms with Gasteiger partial charge in [-0.1, -0.05) is 12.0 Å². The van der Waals surface area contributed by atoms with Crippen molar-refractivity contribution in [1.29, 1.82) is 0 Å². The van der Waals surface area contributed by atoms with Gasteiger partial charge in [-0.2, -0.15) is 18.3 Å². The summed E-state index contributed by atoms with van der Waals surface area (Å²) in [5, 5.41) is 6.89. The summed E-state index contributed by atoms with van der Waals surface area (Å²) >= 11 is 0. The lowest BCUT2D eigenvalue weighted by molar-refractivity contribution is -0.137. The zero-order valence-electron chi connectivity index (χ0n) is 20.9. The van der Waals surface area contributed by atoms with E-state index in [0.717, 1.165) is 30.8 Å². The molecule has 1 amide bonds. The zero-order chi connectivity index (χ0) is 26.9.